The SMILES string of the molecule is Cc1cc(O)ccc1NC(=O)c1c2c(nc3ccc(Cl)cc13)CCC2. The van der Waals surface area contributed by atoms with Crippen LogP contribution in [0.3, 0.4) is 0 Å². The van der Waals surface area contributed by atoms with Gasteiger partial charge in [-0.2, -0.15) is 0 Å². The standard InChI is InChI=1S/C20H17ClN2O2/c1-11-9-13(24)6-8-16(11)23-20(25)19-14-3-2-4-17(14)22-18-7-5-12(21)10-15(18)19/h5-10,24H,2-4H2,1H3,(H,23,25). The summed E-state index contributed by atoms with van der Waals surface area (Å²) in [6.07, 6.45) is 2.75. The van der Waals surface area contributed by atoms with Gasteiger partial charge in [0.25, 0.3) is 5.91 Å². The Morgan fingerprint density at radius 3 is 2.84 bits per heavy atom. The van der Waals surface area contributed by atoms with E-state index in [0.717, 1.165) is 47.0 Å². The van der Waals surface area contributed by atoms with Crippen molar-refractivity contribution >= 4 is 34.1 Å². The van der Waals surface area contributed by atoms with E-state index >= 15 is 0 Å². The minimum absolute atomic E-state index is 0.165. The Labute approximate surface area is 150 Å². The number of phenols is 1. The van der Waals surface area contributed by atoms with Crippen LogP contribution in [0.5, 0.6) is 5.75 Å². The molecule has 0 radical (unpaired) electrons. The smallest absolute Gasteiger partial charge is 0.256 e. The molecule has 2 N–H and O–H groups in total. The number of carbonyl (C=O) groups excluding carboxylic acids is 1. The van der Waals surface area contributed by atoms with E-state index < -0.39 is 0 Å². The number of carbonyl (C=O) groups is 1. The lowest BCUT2D eigenvalue weighted by atomic mass is 10.00. The van der Waals surface area contributed by atoms with Gasteiger partial charge >= 0.3 is 0 Å². The number of pyridine rings is 1. The molecule has 3 aromatic rings. The van der Waals surface area contributed by atoms with E-state index in [0.29, 0.717) is 16.3 Å². The van der Waals surface area contributed by atoms with E-state index in [1.54, 1.807) is 30.3 Å². The molecule has 1 aliphatic rings. The first-order valence-corrected chi connectivity index (χ1v) is 8.63. The summed E-state index contributed by atoms with van der Waals surface area (Å²) in [6.45, 7) is 1.85. The molecule has 0 bridgehead atoms. The number of hydrogen-bond acceptors (Lipinski definition) is 3. The van der Waals surface area contributed by atoms with E-state index in [1.165, 1.54) is 0 Å². The predicted octanol–water partition coefficient (Wildman–Crippen LogP) is 4.64. The highest BCUT2D eigenvalue weighted by atomic mass is 35.5. The third kappa shape index (κ3) is 2.83. The predicted molar refractivity (Wildman–Crippen MR) is 99.6 cm³/mol. The fourth-order valence-corrected chi connectivity index (χ4v) is 3.64. The van der Waals surface area contributed by atoms with Gasteiger partial charge in [-0.05, 0) is 73.7 Å². The molecular weight excluding hydrogens is 336 g/mol. The van der Waals surface area contributed by atoms with E-state index in [2.05, 4.69) is 5.32 Å². The largest absolute Gasteiger partial charge is 0.508 e. The van der Waals surface area contributed by atoms with Crippen LogP contribution in [-0.2, 0) is 12.8 Å². The van der Waals surface area contributed by atoms with E-state index in [1.807, 2.05) is 13.0 Å². The summed E-state index contributed by atoms with van der Waals surface area (Å²) in [5.74, 6) is 0.0131. The van der Waals surface area contributed by atoms with Gasteiger partial charge in [0.15, 0.2) is 0 Å². The molecule has 4 nitrogen and oxygen atoms in total. The van der Waals surface area contributed by atoms with Crippen LogP contribution < -0.4 is 5.32 Å². The maximum Gasteiger partial charge on any atom is 0.256 e. The minimum Gasteiger partial charge on any atom is -0.508 e. The number of aromatic nitrogens is 1. The molecular formula is C20H17ClN2O2. The number of fused-ring (bicyclic) bond motifs is 2. The second kappa shape index (κ2) is 6.05. The van der Waals surface area contributed by atoms with Crippen LogP contribution in [0.25, 0.3) is 10.9 Å². The number of hydrogen-bond donors (Lipinski definition) is 2. The molecule has 2 aromatic carbocycles. The van der Waals surface area contributed by atoms with Gasteiger partial charge in [0, 0.05) is 21.8 Å². The normalized spacial score (nSPS) is 13.0. The summed E-state index contributed by atoms with van der Waals surface area (Å²) in [6, 6.07) is 10.4. The van der Waals surface area contributed by atoms with Crippen molar-refractivity contribution in [2.45, 2.75) is 26.2 Å². The molecule has 0 atom stereocenters. The molecule has 0 saturated carbocycles. The molecule has 1 aliphatic carbocycles. The van der Waals surface area contributed by atoms with Crippen molar-refractivity contribution in [2.24, 2.45) is 0 Å². The van der Waals surface area contributed by atoms with Gasteiger partial charge in [-0.1, -0.05) is 11.6 Å². The average Bonchev–Trinajstić information content (AvgIpc) is 3.03. The van der Waals surface area contributed by atoms with Gasteiger partial charge in [0.2, 0.25) is 0 Å². The Morgan fingerprint density at radius 1 is 1.20 bits per heavy atom. The van der Waals surface area contributed by atoms with Crippen LogP contribution in [0, 0.1) is 6.92 Å². The number of amides is 1. The van der Waals surface area contributed by atoms with Crippen molar-refractivity contribution in [3.8, 4) is 5.75 Å². The molecule has 4 rings (SSSR count). The topological polar surface area (TPSA) is 62.2 Å². The number of rotatable bonds is 2. The fourth-order valence-electron chi connectivity index (χ4n) is 3.47. The van der Waals surface area contributed by atoms with Crippen LogP contribution in [0.2, 0.25) is 5.02 Å². The summed E-state index contributed by atoms with van der Waals surface area (Å²) < 4.78 is 0. The first kappa shape index (κ1) is 15.9. The van der Waals surface area contributed by atoms with E-state index in [-0.39, 0.29) is 11.7 Å². The molecule has 0 spiro atoms. The number of nitrogens with one attached hydrogen (secondary N) is 1. The third-order valence-corrected chi connectivity index (χ3v) is 4.89. The number of anilines is 1. The molecule has 25 heavy (non-hydrogen) atoms. The molecule has 1 amide bonds. The zero-order valence-corrected chi connectivity index (χ0v) is 14.5. The van der Waals surface area contributed by atoms with Crippen molar-refractivity contribution in [1.82, 2.24) is 4.98 Å². The number of benzene rings is 2. The van der Waals surface area contributed by atoms with Gasteiger partial charge in [0.1, 0.15) is 5.75 Å². The monoisotopic (exact) mass is 352 g/mol. The summed E-state index contributed by atoms with van der Waals surface area (Å²) in [5, 5.41) is 13.9. The minimum atomic E-state index is -0.165. The molecule has 126 valence electrons. The molecule has 0 aliphatic heterocycles. The number of phenolic OH excluding ortho intramolecular Hbond substituents is 1. The second-order valence-corrected chi connectivity index (χ2v) is 6.82. The van der Waals surface area contributed by atoms with Gasteiger partial charge in [-0.3, -0.25) is 9.78 Å². The van der Waals surface area contributed by atoms with Gasteiger partial charge in [0.05, 0.1) is 11.1 Å². The Bertz CT molecular complexity index is 1010. The van der Waals surface area contributed by atoms with Crippen molar-refractivity contribution in [2.75, 3.05) is 5.32 Å². The Morgan fingerprint density at radius 2 is 2.04 bits per heavy atom. The molecule has 1 heterocycles. The summed E-state index contributed by atoms with van der Waals surface area (Å²) >= 11 is 6.16. The number of aromatic hydroxyl groups is 1. The van der Waals surface area contributed by atoms with Crippen LogP contribution >= 0.6 is 11.6 Å². The van der Waals surface area contributed by atoms with Gasteiger partial charge in [-0.25, -0.2) is 0 Å². The maximum atomic E-state index is 13.1. The quantitative estimate of drug-likeness (QED) is 0.660. The molecule has 0 saturated heterocycles. The van der Waals surface area contributed by atoms with Crippen LogP contribution in [0.1, 0.15) is 33.6 Å². The number of nitrogens with zero attached hydrogens (tertiary/aromatic N) is 1. The summed E-state index contributed by atoms with van der Waals surface area (Å²) in [4.78, 5) is 17.8. The molecule has 5 heteroatoms. The van der Waals surface area contributed by atoms with Gasteiger partial charge < -0.3 is 10.4 Å². The molecule has 0 fully saturated rings. The highest BCUT2D eigenvalue weighted by molar-refractivity contribution is 6.31. The average molecular weight is 353 g/mol. The van der Waals surface area contributed by atoms with Crippen molar-refractivity contribution < 1.29 is 9.90 Å². The lowest BCUT2D eigenvalue weighted by molar-refractivity contribution is 0.102. The molecule has 1 aromatic heterocycles. The van der Waals surface area contributed by atoms with Crippen molar-refractivity contribution in [3.05, 3.63) is 63.8 Å². The van der Waals surface area contributed by atoms with Crippen LogP contribution in [0.15, 0.2) is 36.4 Å². The Hall–Kier alpha value is -2.59. The highest BCUT2D eigenvalue weighted by Crippen LogP contribution is 2.32. The van der Waals surface area contributed by atoms with Crippen LogP contribution in [0.4, 0.5) is 5.69 Å². The molecule has 0 unspecified atom stereocenters. The number of aryl methyl sites for hydroxylation is 2. The summed E-state index contributed by atoms with van der Waals surface area (Å²) in [7, 11) is 0. The van der Waals surface area contributed by atoms with E-state index in [4.69, 9.17) is 16.6 Å². The van der Waals surface area contributed by atoms with Crippen molar-refractivity contribution in [1.29, 1.82) is 0 Å². The zero-order chi connectivity index (χ0) is 17.6. The highest BCUT2D eigenvalue weighted by Gasteiger charge is 2.24. The van der Waals surface area contributed by atoms with E-state index in [9.17, 15) is 9.90 Å². The Kier molecular flexibility index (Phi) is 3.85. The third-order valence-electron chi connectivity index (χ3n) is 4.66. The first-order valence-electron chi connectivity index (χ1n) is 8.25. The first-order chi connectivity index (χ1) is 12.0. The fraction of sp³-hybridized carbons (Fsp3) is 0.200. The summed E-state index contributed by atoms with van der Waals surface area (Å²) in [5.41, 5.74) is 4.96. The van der Waals surface area contributed by atoms with Crippen molar-refractivity contribution in [3.63, 3.8) is 0 Å². The lowest BCUT2D eigenvalue weighted by Crippen LogP contribution is -2.16. The van der Waals surface area contributed by atoms with Gasteiger partial charge in [-0.15, -0.1) is 0 Å². The Balaban J connectivity index is 1.84. The van der Waals surface area contributed by atoms with Crippen LogP contribution in [-0.4, -0.2) is 16.0 Å². The maximum absolute atomic E-state index is 13.1. The number of halogens is 1. The second-order valence-electron chi connectivity index (χ2n) is 6.38. The zero-order valence-electron chi connectivity index (χ0n) is 13.8. The lowest BCUT2D eigenvalue weighted by Gasteiger charge is -2.14.